The number of hydrogen-bond donors (Lipinski definition) is 0. The summed E-state index contributed by atoms with van der Waals surface area (Å²) in [6.45, 7) is 0. The lowest BCUT2D eigenvalue weighted by Crippen LogP contribution is -2.08. The molecule has 11 aromatic rings. The van der Waals surface area contributed by atoms with Crippen molar-refractivity contribution in [1.82, 2.24) is 14.4 Å². The average Bonchev–Trinajstić information content (AvgIpc) is 3.81. The summed E-state index contributed by atoms with van der Waals surface area (Å²) in [5, 5.41) is 9.12. The zero-order valence-electron chi connectivity index (χ0n) is 27.6. The molecule has 0 saturated carbocycles. The summed E-state index contributed by atoms with van der Waals surface area (Å²) >= 11 is 1.84. The molecular weight excluding hydrogens is 639 g/mol. The van der Waals surface area contributed by atoms with Gasteiger partial charge in [-0.1, -0.05) is 121 Å². The SMILES string of the molecule is c1ccc(-c2nc(C3CCc4c(ccc5ccccc45)-c4cc5c6ccccc6n6c7ccccc7c(c43)c56)c3sc4ccccc4c3n2)cc1. The fourth-order valence-electron chi connectivity index (χ4n) is 9.26. The molecule has 51 heavy (non-hydrogen) atoms. The summed E-state index contributed by atoms with van der Waals surface area (Å²) in [5.41, 5.74) is 12.6. The van der Waals surface area contributed by atoms with Gasteiger partial charge in [0.15, 0.2) is 5.82 Å². The van der Waals surface area contributed by atoms with Gasteiger partial charge in [0.1, 0.15) is 0 Å². The third kappa shape index (κ3) is 3.72. The average molecular weight is 668 g/mol. The van der Waals surface area contributed by atoms with Crippen molar-refractivity contribution in [3.8, 4) is 22.5 Å². The van der Waals surface area contributed by atoms with Crippen LogP contribution in [0.4, 0.5) is 0 Å². The summed E-state index contributed by atoms with van der Waals surface area (Å²) in [5.74, 6) is 0.839. The largest absolute Gasteiger partial charge is 0.308 e. The Morgan fingerprint density at radius 1 is 0.588 bits per heavy atom. The molecule has 0 spiro atoms. The molecule has 1 aliphatic rings. The minimum absolute atomic E-state index is 0.0456. The van der Waals surface area contributed by atoms with Crippen LogP contribution in [0.3, 0.4) is 0 Å². The van der Waals surface area contributed by atoms with Crippen LogP contribution in [0.15, 0.2) is 146 Å². The highest BCUT2D eigenvalue weighted by atomic mass is 32.1. The van der Waals surface area contributed by atoms with E-state index in [2.05, 4.69) is 150 Å². The molecule has 0 radical (unpaired) electrons. The molecule has 7 aromatic carbocycles. The molecule has 0 N–H and O–H groups in total. The van der Waals surface area contributed by atoms with E-state index in [9.17, 15) is 0 Å². The van der Waals surface area contributed by atoms with Crippen LogP contribution >= 0.6 is 11.3 Å². The van der Waals surface area contributed by atoms with Crippen LogP contribution in [-0.4, -0.2) is 14.4 Å². The lowest BCUT2D eigenvalue weighted by Gasteiger charge is -2.21. The Bertz CT molecular complexity index is 3210. The minimum Gasteiger partial charge on any atom is -0.308 e. The number of thiophene rings is 1. The van der Waals surface area contributed by atoms with Gasteiger partial charge in [-0.05, 0) is 70.1 Å². The van der Waals surface area contributed by atoms with Crippen molar-refractivity contribution < 1.29 is 0 Å². The maximum Gasteiger partial charge on any atom is 0.160 e. The van der Waals surface area contributed by atoms with Gasteiger partial charge in [-0.25, -0.2) is 9.97 Å². The van der Waals surface area contributed by atoms with Gasteiger partial charge in [0.2, 0.25) is 0 Å². The van der Waals surface area contributed by atoms with Crippen LogP contribution in [0.1, 0.15) is 29.2 Å². The van der Waals surface area contributed by atoms with Gasteiger partial charge in [-0.3, -0.25) is 0 Å². The predicted molar refractivity (Wildman–Crippen MR) is 215 cm³/mol. The smallest absolute Gasteiger partial charge is 0.160 e. The van der Waals surface area contributed by atoms with E-state index in [4.69, 9.17) is 9.97 Å². The second-order valence-corrected chi connectivity index (χ2v) is 15.0. The van der Waals surface area contributed by atoms with Crippen molar-refractivity contribution in [2.75, 3.05) is 0 Å². The highest BCUT2D eigenvalue weighted by Gasteiger charge is 2.33. The third-order valence-corrected chi connectivity index (χ3v) is 12.6. The van der Waals surface area contributed by atoms with Gasteiger partial charge >= 0.3 is 0 Å². The van der Waals surface area contributed by atoms with Crippen LogP contribution in [0.2, 0.25) is 0 Å². The van der Waals surface area contributed by atoms with Crippen molar-refractivity contribution in [1.29, 1.82) is 0 Å². The second-order valence-electron chi connectivity index (χ2n) is 14.0. The van der Waals surface area contributed by atoms with Crippen molar-refractivity contribution in [3.05, 3.63) is 162 Å². The number of fused-ring (bicyclic) bond motifs is 15. The molecule has 1 aliphatic carbocycles. The highest BCUT2D eigenvalue weighted by Crippen LogP contribution is 2.53. The first-order valence-electron chi connectivity index (χ1n) is 17.8. The maximum atomic E-state index is 5.62. The van der Waals surface area contributed by atoms with Crippen LogP contribution in [0, 0.1) is 0 Å². The summed E-state index contributed by atoms with van der Waals surface area (Å²) < 4.78 is 4.96. The summed E-state index contributed by atoms with van der Waals surface area (Å²) in [6.07, 6.45) is 1.91. The number of aromatic nitrogens is 3. The van der Waals surface area contributed by atoms with E-state index in [0.717, 1.165) is 35.4 Å². The normalized spacial score (nSPS) is 14.7. The van der Waals surface area contributed by atoms with Crippen molar-refractivity contribution in [2.45, 2.75) is 18.8 Å². The summed E-state index contributed by atoms with van der Waals surface area (Å²) in [6, 6.07) is 53.3. The van der Waals surface area contributed by atoms with E-state index < -0.39 is 0 Å². The zero-order chi connectivity index (χ0) is 33.2. The van der Waals surface area contributed by atoms with E-state index >= 15 is 0 Å². The van der Waals surface area contributed by atoms with Gasteiger partial charge in [0.25, 0.3) is 0 Å². The molecule has 0 saturated heterocycles. The number of hydrogen-bond acceptors (Lipinski definition) is 3. The Labute approximate surface area is 297 Å². The Morgan fingerprint density at radius 2 is 1.29 bits per heavy atom. The van der Waals surface area contributed by atoms with E-state index in [0.29, 0.717) is 0 Å². The Kier molecular flexibility index (Phi) is 5.55. The first-order valence-corrected chi connectivity index (χ1v) is 18.6. The number of rotatable bonds is 2. The van der Waals surface area contributed by atoms with Gasteiger partial charge in [-0.15, -0.1) is 11.3 Å². The van der Waals surface area contributed by atoms with Crippen LogP contribution in [0.25, 0.3) is 91.7 Å². The minimum atomic E-state index is 0.0456. The molecule has 3 nitrogen and oxygen atoms in total. The van der Waals surface area contributed by atoms with Crippen LogP contribution in [-0.2, 0) is 6.42 Å². The number of para-hydroxylation sites is 2. The Morgan fingerprint density at radius 3 is 2.16 bits per heavy atom. The van der Waals surface area contributed by atoms with Gasteiger partial charge in [-0.2, -0.15) is 0 Å². The van der Waals surface area contributed by atoms with E-state index in [1.807, 2.05) is 11.3 Å². The molecule has 4 heteroatoms. The van der Waals surface area contributed by atoms with E-state index in [1.165, 1.54) is 85.9 Å². The number of nitrogens with zero attached hydrogens (tertiary/aromatic N) is 3. The topological polar surface area (TPSA) is 30.2 Å². The molecule has 4 heterocycles. The Hall–Kier alpha value is -6.10. The highest BCUT2D eigenvalue weighted by molar-refractivity contribution is 7.25. The molecular formula is C47H29N3S. The quantitative estimate of drug-likeness (QED) is 0.184. The molecule has 0 fully saturated rings. The molecule has 0 aliphatic heterocycles. The number of aryl methyl sites for hydroxylation is 1. The molecule has 1 unspecified atom stereocenters. The third-order valence-electron chi connectivity index (χ3n) is 11.4. The second kappa shape index (κ2) is 10.2. The lowest BCUT2D eigenvalue weighted by molar-refractivity contribution is 0.718. The van der Waals surface area contributed by atoms with Crippen LogP contribution < -0.4 is 0 Å². The molecule has 238 valence electrons. The molecule has 0 amide bonds. The van der Waals surface area contributed by atoms with Crippen molar-refractivity contribution in [3.63, 3.8) is 0 Å². The molecule has 0 bridgehead atoms. The molecule has 1 atom stereocenters. The summed E-state index contributed by atoms with van der Waals surface area (Å²) in [7, 11) is 0. The fourth-order valence-corrected chi connectivity index (χ4v) is 10.4. The monoisotopic (exact) mass is 667 g/mol. The Balaban J connectivity index is 1.28. The molecule has 4 aromatic heterocycles. The van der Waals surface area contributed by atoms with Gasteiger partial charge < -0.3 is 4.40 Å². The summed E-state index contributed by atoms with van der Waals surface area (Å²) in [4.78, 5) is 10.9. The fraction of sp³-hybridized carbons (Fsp3) is 0.0638. The lowest BCUT2D eigenvalue weighted by atomic mass is 9.84. The predicted octanol–water partition coefficient (Wildman–Crippen LogP) is 12.6. The standard InChI is InChI=1S/C47H29N3S/c1-2-13-28(14-3-1)47-48-43-34-18-8-11-21-40(34)51-46(43)44(49-47)35-25-24-30-29-15-5-4-12-27(29)22-23-31(30)36-26-37-32-16-6-9-19-38(32)50-39-20-10-7-17-33(39)42(41(35)36)45(37)50/h1-23,26,35H,24-25H2. The molecule has 12 rings (SSSR count). The van der Waals surface area contributed by atoms with Crippen molar-refractivity contribution in [2.24, 2.45) is 0 Å². The number of benzene rings is 7. The van der Waals surface area contributed by atoms with Crippen LogP contribution in [0.5, 0.6) is 0 Å². The first kappa shape index (κ1) is 27.7. The first-order chi connectivity index (χ1) is 25.3. The zero-order valence-corrected chi connectivity index (χ0v) is 28.4. The van der Waals surface area contributed by atoms with E-state index in [-0.39, 0.29) is 5.92 Å². The maximum absolute atomic E-state index is 5.62. The van der Waals surface area contributed by atoms with E-state index in [1.54, 1.807) is 0 Å². The van der Waals surface area contributed by atoms with Crippen molar-refractivity contribution >= 4 is 80.5 Å². The van der Waals surface area contributed by atoms with Gasteiger partial charge in [0, 0.05) is 43.1 Å². The van der Waals surface area contributed by atoms with Gasteiger partial charge in [0.05, 0.1) is 32.5 Å².